The van der Waals surface area contributed by atoms with E-state index in [1.165, 1.54) is 10.5 Å². The first-order chi connectivity index (χ1) is 11.1. The lowest BCUT2D eigenvalue weighted by molar-refractivity contribution is -0.890. The highest BCUT2D eigenvalue weighted by Gasteiger charge is 2.18. The molecule has 1 unspecified atom stereocenters. The molecule has 0 aliphatic heterocycles. The highest BCUT2D eigenvalue weighted by molar-refractivity contribution is 7.80. The van der Waals surface area contributed by atoms with E-state index in [1.54, 1.807) is 13.3 Å². The summed E-state index contributed by atoms with van der Waals surface area (Å²) in [5.41, 5.74) is 2.12. The molecule has 1 atom stereocenters. The average Bonchev–Trinajstić information content (AvgIpc) is 2.56. The van der Waals surface area contributed by atoms with Gasteiger partial charge in [0.2, 0.25) is 0 Å². The van der Waals surface area contributed by atoms with E-state index in [0.29, 0.717) is 5.11 Å². The van der Waals surface area contributed by atoms with Gasteiger partial charge in [0.25, 0.3) is 0 Å². The summed E-state index contributed by atoms with van der Waals surface area (Å²) in [6.45, 7) is 0.732. The van der Waals surface area contributed by atoms with Gasteiger partial charge in [-0.3, -0.25) is 4.98 Å². The Balaban J connectivity index is 1.91. The molecular weight excluding hydrogens is 308 g/mol. The van der Waals surface area contributed by atoms with Crippen LogP contribution in [0.1, 0.15) is 11.6 Å². The second-order valence-corrected chi connectivity index (χ2v) is 5.89. The summed E-state index contributed by atoms with van der Waals surface area (Å²) < 4.78 is 5.14. The van der Waals surface area contributed by atoms with Gasteiger partial charge in [0.15, 0.2) is 5.11 Å². The first-order valence-corrected chi connectivity index (χ1v) is 7.90. The molecule has 3 N–H and O–H groups in total. The number of benzene rings is 1. The molecular formula is C17H23N4OS+. The topological polar surface area (TPSA) is 50.6 Å². The summed E-state index contributed by atoms with van der Waals surface area (Å²) in [5, 5.41) is 7.06. The van der Waals surface area contributed by atoms with Gasteiger partial charge in [-0.05, 0) is 48.6 Å². The zero-order chi connectivity index (χ0) is 16.7. The van der Waals surface area contributed by atoms with Crippen molar-refractivity contribution in [3.05, 3.63) is 54.4 Å². The average molecular weight is 331 g/mol. The minimum absolute atomic E-state index is 0.277. The number of hydrogen-bond donors (Lipinski definition) is 3. The highest BCUT2D eigenvalue weighted by Crippen LogP contribution is 2.14. The smallest absolute Gasteiger partial charge is 0.171 e. The first kappa shape index (κ1) is 17.2. The largest absolute Gasteiger partial charge is 0.497 e. The molecule has 0 aliphatic carbocycles. The maximum atomic E-state index is 5.37. The number of thiocarbonyl (C=S) groups is 1. The van der Waals surface area contributed by atoms with Gasteiger partial charge in [0, 0.05) is 23.6 Å². The lowest BCUT2D eigenvalue weighted by Crippen LogP contribution is -3.07. The lowest BCUT2D eigenvalue weighted by atomic mass is 10.1. The third kappa shape index (κ3) is 5.19. The molecule has 0 saturated heterocycles. The molecule has 1 aromatic heterocycles. The number of anilines is 1. The van der Waals surface area contributed by atoms with E-state index in [0.717, 1.165) is 18.0 Å². The van der Waals surface area contributed by atoms with E-state index in [1.807, 2.05) is 36.5 Å². The minimum atomic E-state index is 0.277. The quantitative estimate of drug-likeness (QED) is 0.696. The van der Waals surface area contributed by atoms with E-state index in [-0.39, 0.29) is 6.04 Å². The van der Waals surface area contributed by atoms with Crippen LogP contribution in [0, 0.1) is 0 Å². The summed E-state index contributed by atoms with van der Waals surface area (Å²) >= 11 is 5.37. The van der Waals surface area contributed by atoms with Crippen LogP contribution in [-0.2, 0) is 0 Å². The Morgan fingerprint density at radius 2 is 2.00 bits per heavy atom. The van der Waals surface area contributed by atoms with E-state index < -0.39 is 0 Å². The molecule has 0 fully saturated rings. The van der Waals surface area contributed by atoms with Crippen LogP contribution in [0.2, 0.25) is 0 Å². The van der Waals surface area contributed by atoms with Gasteiger partial charge in [0.05, 0.1) is 27.7 Å². The highest BCUT2D eigenvalue weighted by atomic mass is 32.1. The predicted molar refractivity (Wildman–Crippen MR) is 97.0 cm³/mol. The third-order valence-corrected chi connectivity index (χ3v) is 3.84. The van der Waals surface area contributed by atoms with Crippen molar-refractivity contribution < 1.29 is 9.64 Å². The standard InChI is InChI=1S/C17H22N4OS/c1-21(2)16(13-5-4-10-18-11-13)12-19-17(23)20-14-6-8-15(22-3)9-7-14/h4-11,16H,12H2,1-3H3,(H2,19,20,23)/p+1. The van der Waals surface area contributed by atoms with E-state index in [9.17, 15) is 0 Å². The first-order valence-electron chi connectivity index (χ1n) is 7.49. The van der Waals surface area contributed by atoms with Gasteiger partial charge >= 0.3 is 0 Å². The number of likely N-dealkylation sites (N-methyl/N-ethyl adjacent to an activating group) is 1. The monoisotopic (exact) mass is 331 g/mol. The SMILES string of the molecule is COc1ccc(NC(=S)NCC(c2cccnc2)[NH+](C)C)cc1. The Hall–Kier alpha value is -2.18. The predicted octanol–water partition coefficient (Wildman–Crippen LogP) is 1.26. The van der Waals surface area contributed by atoms with Crippen LogP contribution in [-0.4, -0.2) is 37.8 Å². The Labute approximate surface area is 142 Å². The van der Waals surface area contributed by atoms with Crippen molar-refractivity contribution in [2.75, 3.05) is 33.1 Å². The number of quaternary nitrogens is 1. The van der Waals surface area contributed by atoms with Gasteiger partial charge in [-0.1, -0.05) is 0 Å². The molecule has 122 valence electrons. The molecule has 0 aliphatic rings. The van der Waals surface area contributed by atoms with Crippen LogP contribution in [0.15, 0.2) is 48.8 Å². The number of methoxy groups -OCH3 is 1. The molecule has 6 heteroatoms. The van der Waals surface area contributed by atoms with Crippen LogP contribution in [0.4, 0.5) is 5.69 Å². The third-order valence-electron chi connectivity index (χ3n) is 3.60. The van der Waals surface area contributed by atoms with Crippen LogP contribution < -0.4 is 20.3 Å². The number of rotatable bonds is 6. The van der Waals surface area contributed by atoms with Crippen LogP contribution >= 0.6 is 12.2 Å². The molecule has 1 heterocycles. The van der Waals surface area contributed by atoms with Crippen molar-refractivity contribution in [3.63, 3.8) is 0 Å². The summed E-state index contributed by atoms with van der Waals surface area (Å²) in [6, 6.07) is 12.0. The second kappa shape index (κ2) is 8.45. The fourth-order valence-corrected chi connectivity index (χ4v) is 2.48. The van der Waals surface area contributed by atoms with Crippen molar-refractivity contribution in [2.45, 2.75) is 6.04 Å². The van der Waals surface area contributed by atoms with Crippen molar-refractivity contribution in [1.82, 2.24) is 10.3 Å². The molecule has 5 nitrogen and oxygen atoms in total. The zero-order valence-corrected chi connectivity index (χ0v) is 14.5. The number of aromatic nitrogens is 1. The van der Waals surface area contributed by atoms with Crippen molar-refractivity contribution >= 4 is 23.0 Å². The molecule has 23 heavy (non-hydrogen) atoms. The molecule has 0 bridgehead atoms. The van der Waals surface area contributed by atoms with Gasteiger partial charge in [-0.2, -0.15) is 0 Å². The molecule has 2 aromatic rings. The fourth-order valence-electron chi connectivity index (χ4n) is 2.28. The number of hydrogen-bond acceptors (Lipinski definition) is 3. The van der Waals surface area contributed by atoms with Gasteiger partial charge in [-0.25, -0.2) is 0 Å². The summed E-state index contributed by atoms with van der Waals surface area (Å²) in [4.78, 5) is 5.52. The van der Waals surface area contributed by atoms with Gasteiger partial charge in [-0.15, -0.1) is 0 Å². The maximum absolute atomic E-state index is 5.37. The van der Waals surface area contributed by atoms with Gasteiger partial charge < -0.3 is 20.3 Å². The number of nitrogens with zero attached hydrogens (tertiary/aromatic N) is 1. The Morgan fingerprint density at radius 3 is 2.57 bits per heavy atom. The Morgan fingerprint density at radius 1 is 1.26 bits per heavy atom. The lowest BCUT2D eigenvalue weighted by Gasteiger charge is -2.22. The maximum Gasteiger partial charge on any atom is 0.171 e. The molecule has 0 amide bonds. The van der Waals surface area contributed by atoms with Crippen molar-refractivity contribution in [1.29, 1.82) is 0 Å². The molecule has 0 saturated carbocycles. The number of ether oxygens (including phenoxy) is 1. The normalized spacial score (nSPS) is 11.8. The number of nitrogens with one attached hydrogen (secondary N) is 3. The van der Waals surface area contributed by atoms with E-state index in [4.69, 9.17) is 17.0 Å². The van der Waals surface area contributed by atoms with Crippen molar-refractivity contribution in [3.8, 4) is 5.75 Å². The van der Waals surface area contributed by atoms with Gasteiger partial charge in [0.1, 0.15) is 11.8 Å². The minimum Gasteiger partial charge on any atom is -0.497 e. The van der Waals surface area contributed by atoms with Crippen LogP contribution in [0.3, 0.4) is 0 Å². The van der Waals surface area contributed by atoms with Crippen LogP contribution in [0.25, 0.3) is 0 Å². The second-order valence-electron chi connectivity index (χ2n) is 5.48. The van der Waals surface area contributed by atoms with E-state index in [2.05, 4.69) is 35.8 Å². The van der Waals surface area contributed by atoms with Crippen LogP contribution in [0.5, 0.6) is 5.75 Å². The summed E-state index contributed by atoms with van der Waals surface area (Å²) in [6.07, 6.45) is 3.69. The summed E-state index contributed by atoms with van der Waals surface area (Å²) in [5.74, 6) is 0.822. The summed E-state index contributed by atoms with van der Waals surface area (Å²) in [7, 11) is 5.90. The fraction of sp³-hybridized carbons (Fsp3) is 0.294. The van der Waals surface area contributed by atoms with E-state index >= 15 is 0 Å². The van der Waals surface area contributed by atoms with Crippen molar-refractivity contribution in [2.24, 2.45) is 0 Å². The Bertz CT molecular complexity index is 616. The molecule has 1 aromatic carbocycles. The zero-order valence-electron chi connectivity index (χ0n) is 13.7. The molecule has 0 spiro atoms. The number of pyridine rings is 1. The molecule has 0 radical (unpaired) electrons. The Kier molecular flexibility index (Phi) is 6.31. The molecule has 2 rings (SSSR count).